The quantitative estimate of drug-likeness (QED) is 0.651. The molecular formula is C25H26N8. The van der Waals surface area contributed by atoms with E-state index in [1.165, 1.54) is 0 Å². The topological polar surface area (TPSA) is 106 Å². The van der Waals surface area contributed by atoms with Gasteiger partial charge in [-0.3, -0.25) is 4.68 Å². The molecule has 6 rings (SSSR count). The van der Waals surface area contributed by atoms with Crippen molar-refractivity contribution in [3.63, 3.8) is 0 Å². The van der Waals surface area contributed by atoms with Crippen LogP contribution in [0.1, 0.15) is 31.2 Å². The summed E-state index contributed by atoms with van der Waals surface area (Å²) in [6.07, 6.45) is 6.23. The number of benzene rings is 1. The maximum absolute atomic E-state index is 9.77. The minimum atomic E-state index is -0.0587. The predicted octanol–water partition coefficient (Wildman–Crippen LogP) is 3.33. The Labute approximate surface area is 192 Å². The summed E-state index contributed by atoms with van der Waals surface area (Å²) >= 11 is 0. The second-order valence-corrected chi connectivity index (χ2v) is 10.1. The van der Waals surface area contributed by atoms with E-state index in [-0.39, 0.29) is 5.41 Å². The van der Waals surface area contributed by atoms with E-state index in [1.807, 2.05) is 37.5 Å². The van der Waals surface area contributed by atoms with Crippen LogP contribution in [0.4, 0.5) is 5.82 Å². The third-order valence-electron chi connectivity index (χ3n) is 7.61. The molecule has 2 aromatic heterocycles. The van der Waals surface area contributed by atoms with Crippen LogP contribution in [0, 0.1) is 39.9 Å². The van der Waals surface area contributed by atoms with Crippen LogP contribution < -0.4 is 5.32 Å². The van der Waals surface area contributed by atoms with E-state index in [4.69, 9.17) is 0 Å². The number of aromatic nitrogens is 4. The SMILES string of the molecule is Cn1cc2cc(-c3cc(C#N)c(N[C@H]4C[C@@H]5CN(CC6(C#N)CC6)C[C@@H]5C4)nn3)ccc2n1. The van der Waals surface area contributed by atoms with Crippen molar-refractivity contribution in [1.82, 2.24) is 24.9 Å². The fourth-order valence-corrected chi connectivity index (χ4v) is 5.75. The van der Waals surface area contributed by atoms with Crippen LogP contribution in [-0.2, 0) is 7.05 Å². The van der Waals surface area contributed by atoms with E-state index < -0.39 is 0 Å². The minimum absolute atomic E-state index is 0.0587. The lowest BCUT2D eigenvalue weighted by Crippen LogP contribution is -2.30. The van der Waals surface area contributed by atoms with Crippen LogP contribution in [-0.4, -0.2) is 50.6 Å². The normalized spacial score (nSPS) is 25.5. The zero-order valence-corrected chi connectivity index (χ0v) is 18.7. The molecule has 33 heavy (non-hydrogen) atoms. The molecule has 2 saturated carbocycles. The van der Waals surface area contributed by atoms with Crippen molar-refractivity contribution in [3.05, 3.63) is 36.0 Å². The van der Waals surface area contributed by atoms with Gasteiger partial charge >= 0.3 is 0 Å². The Hall–Kier alpha value is -3.49. The number of hydrogen-bond donors (Lipinski definition) is 1. The highest BCUT2D eigenvalue weighted by Crippen LogP contribution is 2.48. The van der Waals surface area contributed by atoms with E-state index in [2.05, 4.69) is 37.7 Å². The second-order valence-electron chi connectivity index (χ2n) is 10.1. The van der Waals surface area contributed by atoms with Gasteiger partial charge in [-0.1, -0.05) is 6.07 Å². The first-order valence-electron chi connectivity index (χ1n) is 11.7. The number of nitriles is 2. The van der Waals surface area contributed by atoms with Crippen molar-refractivity contribution in [2.75, 3.05) is 25.0 Å². The van der Waals surface area contributed by atoms with Gasteiger partial charge in [0.15, 0.2) is 5.82 Å². The highest BCUT2D eigenvalue weighted by Gasteiger charge is 2.48. The average Bonchev–Trinajstić information content (AvgIpc) is 3.11. The first-order valence-corrected chi connectivity index (χ1v) is 11.7. The molecule has 8 nitrogen and oxygen atoms in total. The largest absolute Gasteiger partial charge is 0.365 e. The second kappa shape index (κ2) is 7.54. The van der Waals surface area contributed by atoms with Gasteiger partial charge in [-0.15, -0.1) is 10.2 Å². The van der Waals surface area contributed by atoms with Gasteiger partial charge in [-0.2, -0.15) is 15.6 Å². The van der Waals surface area contributed by atoms with Crippen molar-refractivity contribution < 1.29 is 0 Å². The van der Waals surface area contributed by atoms with Gasteiger partial charge in [0.2, 0.25) is 0 Å². The van der Waals surface area contributed by atoms with Crippen molar-refractivity contribution in [1.29, 1.82) is 10.5 Å². The van der Waals surface area contributed by atoms with Crippen molar-refractivity contribution in [3.8, 4) is 23.4 Å². The standard InChI is InChI=1S/C25H26N8/c1-32-11-20-6-16(2-3-22(20)31-32)23-9-17(10-26)24(30-29-23)28-21-7-18-12-33(13-19(18)8-21)15-25(14-27)4-5-25/h2-3,6,9,11,18-19,21H,4-5,7-8,12-13,15H2,1H3,(H,28,30)/t18-,19+,21+. The Morgan fingerprint density at radius 2 is 1.91 bits per heavy atom. The fourth-order valence-electron chi connectivity index (χ4n) is 5.75. The molecular weight excluding hydrogens is 412 g/mol. The molecule has 3 heterocycles. The van der Waals surface area contributed by atoms with E-state index in [9.17, 15) is 10.5 Å². The van der Waals surface area contributed by atoms with Crippen LogP contribution in [0.15, 0.2) is 30.5 Å². The number of hydrogen-bond acceptors (Lipinski definition) is 7. The van der Waals surface area contributed by atoms with Gasteiger partial charge in [-0.05, 0) is 55.7 Å². The number of nitrogens with zero attached hydrogens (tertiary/aromatic N) is 7. The first kappa shape index (κ1) is 20.1. The molecule has 0 amide bonds. The van der Waals surface area contributed by atoms with Crippen molar-refractivity contribution >= 4 is 16.7 Å². The van der Waals surface area contributed by atoms with Gasteiger partial charge in [0, 0.05) is 49.9 Å². The van der Waals surface area contributed by atoms with E-state index >= 15 is 0 Å². The molecule has 1 N–H and O–H groups in total. The molecule has 3 fully saturated rings. The molecule has 0 bridgehead atoms. The van der Waals surface area contributed by atoms with Crippen LogP contribution in [0.3, 0.4) is 0 Å². The Morgan fingerprint density at radius 1 is 1.12 bits per heavy atom. The lowest BCUT2D eigenvalue weighted by atomic mass is 10.0. The number of aryl methyl sites for hydroxylation is 1. The van der Waals surface area contributed by atoms with Gasteiger partial charge in [0.25, 0.3) is 0 Å². The van der Waals surface area contributed by atoms with Crippen LogP contribution in [0.25, 0.3) is 22.2 Å². The summed E-state index contributed by atoms with van der Waals surface area (Å²) < 4.78 is 1.79. The molecule has 1 aliphatic heterocycles. The first-order chi connectivity index (χ1) is 16.0. The van der Waals surface area contributed by atoms with E-state index in [0.29, 0.717) is 35.0 Å². The zero-order valence-electron chi connectivity index (χ0n) is 18.7. The Bertz CT molecular complexity index is 1290. The van der Waals surface area contributed by atoms with Gasteiger partial charge in [0.1, 0.15) is 6.07 Å². The lowest BCUT2D eigenvalue weighted by Gasteiger charge is -2.21. The summed E-state index contributed by atoms with van der Waals surface area (Å²) in [5.74, 6) is 1.88. The Balaban J connectivity index is 1.13. The monoisotopic (exact) mass is 438 g/mol. The van der Waals surface area contributed by atoms with Crippen LogP contribution in [0.5, 0.6) is 0 Å². The average molecular weight is 439 g/mol. The summed E-state index contributed by atoms with van der Waals surface area (Å²) in [6, 6.07) is 12.9. The summed E-state index contributed by atoms with van der Waals surface area (Å²) in [7, 11) is 1.90. The summed E-state index contributed by atoms with van der Waals surface area (Å²) in [6.45, 7) is 3.10. The van der Waals surface area contributed by atoms with Gasteiger partial charge in [0.05, 0.1) is 28.3 Å². The zero-order chi connectivity index (χ0) is 22.6. The molecule has 1 aromatic carbocycles. The number of rotatable bonds is 5. The summed E-state index contributed by atoms with van der Waals surface area (Å²) in [4.78, 5) is 2.50. The Morgan fingerprint density at radius 3 is 2.61 bits per heavy atom. The number of anilines is 1. The minimum Gasteiger partial charge on any atom is -0.365 e. The number of nitrogens with one attached hydrogen (secondary N) is 1. The predicted molar refractivity (Wildman–Crippen MR) is 124 cm³/mol. The van der Waals surface area contributed by atoms with Crippen LogP contribution >= 0.6 is 0 Å². The lowest BCUT2D eigenvalue weighted by molar-refractivity contribution is 0.273. The Kier molecular flexibility index (Phi) is 4.60. The molecule has 1 saturated heterocycles. The summed E-state index contributed by atoms with van der Waals surface area (Å²) in [5.41, 5.74) is 3.00. The molecule has 3 atom stereocenters. The number of fused-ring (bicyclic) bond motifs is 2. The maximum Gasteiger partial charge on any atom is 0.166 e. The van der Waals surface area contributed by atoms with Gasteiger partial charge < -0.3 is 10.2 Å². The smallest absolute Gasteiger partial charge is 0.166 e. The third kappa shape index (κ3) is 3.71. The highest BCUT2D eigenvalue weighted by molar-refractivity contribution is 5.83. The fraction of sp³-hybridized carbons (Fsp3) is 0.480. The van der Waals surface area contributed by atoms with Crippen LogP contribution in [0.2, 0.25) is 0 Å². The highest BCUT2D eigenvalue weighted by atomic mass is 15.2. The third-order valence-corrected chi connectivity index (χ3v) is 7.61. The molecule has 8 heteroatoms. The molecule has 0 radical (unpaired) electrons. The molecule has 166 valence electrons. The number of likely N-dealkylation sites (tertiary alicyclic amines) is 1. The van der Waals surface area contributed by atoms with Crippen molar-refractivity contribution in [2.24, 2.45) is 24.3 Å². The van der Waals surface area contributed by atoms with E-state index in [0.717, 1.165) is 61.8 Å². The van der Waals surface area contributed by atoms with Crippen molar-refractivity contribution in [2.45, 2.75) is 31.7 Å². The maximum atomic E-state index is 9.77. The molecule has 0 unspecified atom stereocenters. The van der Waals surface area contributed by atoms with Gasteiger partial charge in [-0.25, -0.2) is 0 Å². The molecule has 0 spiro atoms. The molecule has 3 aromatic rings. The molecule has 3 aliphatic rings. The summed E-state index contributed by atoms with van der Waals surface area (Å²) in [5, 5.41) is 36.9. The van der Waals surface area contributed by atoms with E-state index in [1.54, 1.807) is 4.68 Å². The molecule has 2 aliphatic carbocycles.